The number of ether oxygens (including phenoxy) is 1. The molecule has 2 aliphatic rings. The fourth-order valence-corrected chi connectivity index (χ4v) is 3.73. The van der Waals surface area contributed by atoms with Crippen LogP contribution in [0.5, 0.6) is 0 Å². The molecule has 3 heteroatoms. The van der Waals surface area contributed by atoms with Crippen LogP contribution in [0.3, 0.4) is 0 Å². The number of nitrogens with one attached hydrogen (secondary N) is 1. The van der Waals surface area contributed by atoms with Gasteiger partial charge in [0, 0.05) is 23.6 Å². The minimum absolute atomic E-state index is 0.0207. The number of aliphatic hydroxyl groups is 1. The summed E-state index contributed by atoms with van der Waals surface area (Å²) in [6.07, 6.45) is 4.28. The first-order chi connectivity index (χ1) is 7.80. The summed E-state index contributed by atoms with van der Waals surface area (Å²) in [5, 5.41) is 14.1. The van der Waals surface area contributed by atoms with E-state index in [1.165, 1.54) is 6.42 Å². The molecule has 2 aliphatic heterocycles. The number of hydrogen-bond donors (Lipinski definition) is 2. The van der Waals surface area contributed by atoms with Crippen LogP contribution in [0.4, 0.5) is 0 Å². The van der Waals surface area contributed by atoms with Crippen molar-refractivity contribution in [1.82, 2.24) is 5.32 Å². The number of hydrogen-bond acceptors (Lipinski definition) is 3. The minimum Gasteiger partial charge on any atom is -0.393 e. The van der Waals surface area contributed by atoms with Crippen molar-refractivity contribution in [3.8, 4) is 0 Å². The molecule has 2 N–H and O–H groups in total. The largest absolute Gasteiger partial charge is 0.393 e. The average molecular weight is 241 g/mol. The SMILES string of the molecule is CC1(C)CC(O)C(CC2CCCO2)C(C)(C)N1. The molecule has 0 bridgehead atoms. The molecule has 2 saturated heterocycles. The lowest BCUT2D eigenvalue weighted by atomic mass is 9.70. The van der Waals surface area contributed by atoms with Gasteiger partial charge in [-0.25, -0.2) is 0 Å². The van der Waals surface area contributed by atoms with Crippen LogP contribution in [-0.4, -0.2) is 35.0 Å². The van der Waals surface area contributed by atoms with E-state index in [1.54, 1.807) is 0 Å². The van der Waals surface area contributed by atoms with E-state index in [-0.39, 0.29) is 17.2 Å². The Morgan fingerprint density at radius 1 is 1.29 bits per heavy atom. The standard InChI is InChI=1S/C14H27NO2/c1-13(2)9-12(16)11(14(3,4)15-13)8-10-6-5-7-17-10/h10-12,15-16H,5-9H2,1-4H3. The Morgan fingerprint density at radius 2 is 2.00 bits per heavy atom. The lowest BCUT2D eigenvalue weighted by molar-refractivity contribution is -0.0458. The van der Waals surface area contributed by atoms with Gasteiger partial charge in [-0.15, -0.1) is 0 Å². The van der Waals surface area contributed by atoms with Crippen molar-refractivity contribution in [2.24, 2.45) is 5.92 Å². The van der Waals surface area contributed by atoms with Gasteiger partial charge in [0.2, 0.25) is 0 Å². The highest BCUT2D eigenvalue weighted by Gasteiger charge is 2.45. The quantitative estimate of drug-likeness (QED) is 0.778. The summed E-state index contributed by atoms with van der Waals surface area (Å²) in [4.78, 5) is 0. The molecule has 0 radical (unpaired) electrons. The van der Waals surface area contributed by atoms with E-state index in [1.807, 2.05) is 0 Å². The van der Waals surface area contributed by atoms with Crippen molar-refractivity contribution in [1.29, 1.82) is 0 Å². The molecule has 0 saturated carbocycles. The third kappa shape index (κ3) is 3.01. The van der Waals surface area contributed by atoms with Crippen LogP contribution >= 0.6 is 0 Å². The molecule has 0 aromatic carbocycles. The summed E-state index contributed by atoms with van der Waals surface area (Å²) < 4.78 is 5.71. The second-order valence-electron chi connectivity index (χ2n) is 6.98. The fraction of sp³-hybridized carbons (Fsp3) is 1.00. The molecule has 17 heavy (non-hydrogen) atoms. The lowest BCUT2D eigenvalue weighted by Crippen LogP contribution is -2.64. The molecular formula is C14H27NO2. The Kier molecular flexibility index (Phi) is 3.54. The highest BCUT2D eigenvalue weighted by Crippen LogP contribution is 2.37. The summed E-state index contributed by atoms with van der Waals surface area (Å²) in [7, 11) is 0. The van der Waals surface area contributed by atoms with Gasteiger partial charge in [-0.05, 0) is 53.4 Å². The van der Waals surface area contributed by atoms with Crippen LogP contribution in [0, 0.1) is 5.92 Å². The molecule has 3 unspecified atom stereocenters. The zero-order valence-electron chi connectivity index (χ0n) is 11.6. The third-order valence-electron chi connectivity index (χ3n) is 4.31. The van der Waals surface area contributed by atoms with E-state index in [9.17, 15) is 5.11 Å². The monoisotopic (exact) mass is 241 g/mol. The summed E-state index contributed by atoms with van der Waals surface area (Å²) in [5.74, 6) is 0.290. The van der Waals surface area contributed by atoms with Crippen LogP contribution in [0.25, 0.3) is 0 Å². The second kappa shape index (κ2) is 4.52. The van der Waals surface area contributed by atoms with Crippen molar-refractivity contribution in [3.05, 3.63) is 0 Å². The zero-order chi connectivity index (χ0) is 12.7. The Hall–Kier alpha value is -0.120. The molecule has 100 valence electrons. The van der Waals surface area contributed by atoms with Crippen molar-refractivity contribution < 1.29 is 9.84 Å². The Balaban J connectivity index is 2.04. The normalized spacial score (nSPS) is 40.4. The van der Waals surface area contributed by atoms with E-state index in [2.05, 4.69) is 33.0 Å². The first kappa shape index (κ1) is 13.3. The predicted molar refractivity (Wildman–Crippen MR) is 69.0 cm³/mol. The van der Waals surface area contributed by atoms with E-state index in [0.29, 0.717) is 12.0 Å². The fourth-order valence-electron chi connectivity index (χ4n) is 3.73. The van der Waals surface area contributed by atoms with Crippen molar-refractivity contribution in [2.45, 2.75) is 76.7 Å². The number of piperidine rings is 1. The van der Waals surface area contributed by atoms with Crippen molar-refractivity contribution >= 4 is 0 Å². The summed E-state index contributed by atoms with van der Waals surface area (Å²) in [6, 6.07) is 0. The van der Waals surface area contributed by atoms with Gasteiger partial charge < -0.3 is 15.2 Å². The molecule has 2 fully saturated rings. The average Bonchev–Trinajstić information content (AvgIpc) is 2.60. The maximum Gasteiger partial charge on any atom is 0.0604 e. The minimum atomic E-state index is -0.217. The molecule has 3 atom stereocenters. The molecule has 0 aromatic heterocycles. The maximum atomic E-state index is 10.4. The highest BCUT2D eigenvalue weighted by atomic mass is 16.5. The molecule has 3 nitrogen and oxygen atoms in total. The van der Waals surface area contributed by atoms with Crippen molar-refractivity contribution in [2.75, 3.05) is 6.61 Å². The lowest BCUT2D eigenvalue weighted by Gasteiger charge is -2.51. The number of aliphatic hydroxyl groups excluding tert-OH is 1. The summed E-state index contributed by atoms with van der Waals surface area (Å²) in [5.41, 5.74) is 0.00304. The topological polar surface area (TPSA) is 41.5 Å². The Bertz CT molecular complexity index is 269. The van der Waals surface area contributed by atoms with Crippen LogP contribution < -0.4 is 5.32 Å². The molecule has 2 heterocycles. The van der Waals surface area contributed by atoms with E-state index < -0.39 is 0 Å². The van der Waals surface area contributed by atoms with Crippen LogP contribution in [0.1, 0.15) is 53.4 Å². The van der Waals surface area contributed by atoms with Gasteiger partial charge in [0.05, 0.1) is 12.2 Å². The van der Waals surface area contributed by atoms with Gasteiger partial charge in [0.15, 0.2) is 0 Å². The highest BCUT2D eigenvalue weighted by molar-refractivity contribution is 5.03. The van der Waals surface area contributed by atoms with Crippen LogP contribution in [0.15, 0.2) is 0 Å². The molecule has 2 rings (SSSR count). The number of rotatable bonds is 2. The van der Waals surface area contributed by atoms with Gasteiger partial charge in [0.25, 0.3) is 0 Å². The maximum absolute atomic E-state index is 10.4. The molecule has 0 aliphatic carbocycles. The van der Waals surface area contributed by atoms with Gasteiger partial charge >= 0.3 is 0 Å². The zero-order valence-corrected chi connectivity index (χ0v) is 11.6. The second-order valence-corrected chi connectivity index (χ2v) is 6.98. The predicted octanol–water partition coefficient (Wildman–Crippen LogP) is 2.08. The Morgan fingerprint density at radius 3 is 2.53 bits per heavy atom. The summed E-state index contributed by atoms with van der Waals surface area (Å²) in [6.45, 7) is 9.64. The van der Waals surface area contributed by atoms with E-state index in [0.717, 1.165) is 25.9 Å². The third-order valence-corrected chi connectivity index (χ3v) is 4.31. The molecule has 0 spiro atoms. The van der Waals surface area contributed by atoms with E-state index in [4.69, 9.17) is 4.74 Å². The first-order valence-corrected chi connectivity index (χ1v) is 6.89. The molecule has 0 amide bonds. The van der Waals surface area contributed by atoms with Gasteiger partial charge in [0.1, 0.15) is 0 Å². The Labute approximate surface area is 105 Å². The van der Waals surface area contributed by atoms with Crippen LogP contribution in [-0.2, 0) is 4.74 Å². The van der Waals surface area contributed by atoms with Gasteiger partial charge in [-0.2, -0.15) is 0 Å². The molecular weight excluding hydrogens is 214 g/mol. The van der Waals surface area contributed by atoms with Crippen LogP contribution in [0.2, 0.25) is 0 Å². The van der Waals surface area contributed by atoms with Gasteiger partial charge in [-0.1, -0.05) is 0 Å². The summed E-state index contributed by atoms with van der Waals surface area (Å²) >= 11 is 0. The first-order valence-electron chi connectivity index (χ1n) is 6.89. The molecule has 0 aromatic rings. The van der Waals surface area contributed by atoms with E-state index >= 15 is 0 Å². The van der Waals surface area contributed by atoms with Gasteiger partial charge in [-0.3, -0.25) is 0 Å². The van der Waals surface area contributed by atoms with Crippen molar-refractivity contribution in [3.63, 3.8) is 0 Å². The smallest absolute Gasteiger partial charge is 0.0604 e.